The Kier molecular flexibility index (Phi) is 4.73. The molecule has 92 valence electrons. The Morgan fingerprint density at radius 2 is 2.19 bits per heavy atom. The number of likely N-dealkylation sites (tertiary alicyclic amines) is 1. The molecule has 1 atom stereocenters. The summed E-state index contributed by atoms with van der Waals surface area (Å²) in [5, 5.41) is 3.10. The van der Waals surface area contributed by atoms with Crippen LogP contribution < -0.4 is 5.32 Å². The summed E-state index contributed by atoms with van der Waals surface area (Å²) in [6.07, 6.45) is 2.11. The second-order valence-electron chi connectivity index (χ2n) is 4.32. The highest BCUT2D eigenvalue weighted by Gasteiger charge is 2.28. The van der Waals surface area contributed by atoms with Crippen molar-refractivity contribution < 1.29 is 9.59 Å². The number of carbonyl (C=O) groups excluding carboxylic acids is 2. The number of rotatable bonds is 4. The normalized spacial score (nSPS) is 19.9. The van der Waals surface area contributed by atoms with Crippen LogP contribution in [0.1, 0.15) is 19.8 Å². The maximum absolute atomic E-state index is 11.9. The highest BCUT2D eigenvalue weighted by atomic mass is 16.2. The molecule has 1 heterocycles. The Balaban J connectivity index is 2.49. The van der Waals surface area contributed by atoms with Gasteiger partial charge in [0.15, 0.2) is 0 Å². The lowest BCUT2D eigenvalue weighted by atomic mass is 10.2. The number of hydrogen-bond acceptors (Lipinski definition) is 3. The Morgan fingerprint density at radius 3 is 2.75 bits per heavy atom. The van der Waals surface area contributed by atoms with E-state index >= 15 is 0 Å². The summed E-state index contributed by atoms with van der Waals surface area (Å²) in [5.41, 5.74) is 0. The molecule has 1 aliphatic heterocycles. The predicted octanol–water partition coefficient (Wildman–Crippen LogP) is -0.325. The van der Waals surface area contributed by atoms with E-state index < -0.39 is 0 Å². The molecule has 0 radical (unpaired) electrons. The van der Waals surface area contributed by atoms with Gasteiger partial charge in [-0.25, -0.2) is 0 Å². The van der Waals surface area contributed by atoms with E-state index in [4.69, 9.17) is 0 Å². The van der Waals surface area contributed by atoms with Crippen LogP contribution in [-0.4, -0.2) is 61.4 Å². The molecule has 0 aromatic heterocycles. The topological polar surface area (TPSA) is 52.7 Å². The minimum absolute atomic E-state index is 0.0513. The van der Waals surface area contributed by atoms with Crippen molar-refractivity contribution in [2.75, 3.05) is 33.7 Å². The van der Waals surface area contributed by atoms with Crippen LogP contribution >= 0.6 is 0 Å². The van der Waals surface area contributed by atoms with Crippen LogP contribution in [0, 0.1) is 0 Å². The van der Waals surface area contributed by atoms with E-state index in [1.165, 1.54) is 11.8 Å². The van der Waals surface area contributed by atoms with Gasteiger partial charge >= 0.3 is 0 Å². The second kappa shape index (κ2) is 5.84. The molecule has 1 saturated heterocycles. The van der Waals surface area contributed by atoms with Gasteiger partial charge in [-0.2, -0.15) is 0 Å². The average Bonchev–Trinajstić information content (AvgIpc) is 2.66. The lowest BCUT2D eigenvalue weighted by Gasteiger charge is -2.26. The molecule has 0 saturated carbocycles. The predicted molar refractivity (Wildman–Crippen MR) is 62.0 cm³/mol. The quantitative estimate of drug-likeness (QED) is 0.716. The van der Waals surface area contributed by atoms with Gasteiger partial charge in [0.05, 0.1) is 6.54 Å². The van der Waals surface area contributed by atoms with E-state index in [2.05, 4.69) is 5.32 Å². The zero-order chi connectivity index (χ0) is 12.1. The Morgan fingerprint density at radius 1 is 1.50 bits per heavy atom. The minimum atomic E-state index is -0.0716. The van der Waals surface area contributed by atoms with Crippen molar-refractivity contribution in [1.82, 2.24) is 15.1 Å². The van der Waals surface area contributed by atoms with Crippen LogP contribution in [0.5, 0.6) is 0 Å². The number of amides is 2. The molecule has 2 amide bonds. The van der Waals surface area contributed by atoms with Crippen LogP contribution in [0.25, 0.3) is 0 Å². The van der Waals surface area contributed by atoms with Crippen molar-refractivity contribution in [3.05, 3.63) is 0 Å². The number of nitrogens with zero attached hydrogens (tertiary/aromatic N) is 2. The summed E-state index contributed by atoms with van der Waals surface area (Å²) >= 11 is 0. The molecule has 0 spiro atoms. The van der Waals surface area contributed by atoms with E-state index in [1.807, 2.05) is 11.9 Å². The molecule has 5 nitrogen and oxygen atoms in total. The lowest BCUT2D eigenvalue weighted by molar-refractivity contribution is -0.138. The van der Waals surface area contributed by atoms with Crippen molar-refractivity contribution in [3.8, 4) is 0 Å². The van der Waals surface area contributed by atoms with Crippen molar-refractivity contribution in [2.24, 2.45) is 0 Å². The Bertz CT molecular complexity index is 268. The van der Waals surface area contributed by atoms with Crippen LogP contribution in [-0.2, 0) is 9.59 Å². The zero-order valence-corrected chi connectivity index (χ0v) is 10.3. The zero-order valence-electron chi connectivity index (χ0n) is 10.3. The van der Waals surface area contributed by atoms with Gasteiger partial charge < -0.3 is 15.1 Å². The first kappa shape index (κ1) is 13.0. The molecule has 0 bridgehead atoms. The largest absolute Gasteiger partial charge is 0.337 e. The van der Waals surface area contributed by atoms with Gasteiger partial charge in [-0.15, -0.1) is 0 Å². The smallest absolute Gasteiger partial charge is 0.242 e. The van der Waals surface area contributed by atoms with Crippen LogP contribution in [0.4, 0.5) is 0 Å². The van der Waals surface area contributed by atoms with Gasteiger partial charge in [-0.3, -0.25) is 9.59 Å². The summed E-state index contributed by atoms with van der Waals surface area (Å²) in [5.74, 6) is -0.0202. The van der Waals surface area contributed by atoms with Crippen molar-refractivity contribution in [1.29, 1.82) is 0 Å². The van der Waals surface area contributed by atoms with E-state index in [-0.39, 0.29) is 24.4 Å². The summed E-state index contributed by atoms with van der Waals surface area (Å²) < 4.78 is 0. The molecule has 1 unspecified atom stereocenters. The van der Waals surface area contributed by atoms with E-state index in [9.17, 15) is 9.59 Å². The van der Waals surface area contributed by atoms with Crippen LogP contribution in [0.2, 0.25) is 0 Å². The van der Waals surface area contributed by atoms with E-state index in [0.29, 0.717) is 0 Å². The summed E-state index contributed by atoms with van der Waals surface area (Å²) in [6, 6.07) is 0.290. The third kappa shape index (κ3) is 3.20. The van der Waals surface area contributed by atoms with Gasteiger partial charge in [0.25, 0.3) is 0 Å². The average molecular weight is 227 g/mol. The van der Waals surface area contributed by atoms with Gasteiger partial charge in [0, 0.05) is 33.1 Å². The lowest BCUT2D eigenvalue weighted by Crippen LogP contribution is -2.45. The monoisotopic (exact) mass is 227 g/mol. The molecule has 1 aliphatic rings. The first-order valence-electron chi connectivity index (χ1n) is 5.72. The highest BCUT2D eigenvalue weighted by Crippen LogP contribution is 2.16. The fourth-order valence-electron chi connectivity index (χ4n) is 2.02. The highest BCUT2D eigenvalue weighted by molar-refractivity contribution is 5.84. The number of nitrogens with one attached hydrogen (secondary N) is 1. The standard InChI is InChI=1S/C11H21N3O2/c1-9(15)13(3)8-11(16)14-6-4-5-10(14)7-12-2/h10,12H,4-8H2,1-3H3. The first-order chi connectivity index (χ1) is 7.56. The van der Waals surface area contributed by atoms with E-state index in [0.717, 1.165) is 25.9 Å². The molecular formula is C11H21N3O2. The molecule has 5 heteroatoms. The molecule has 16 heavy (non-hydrogen) atoms. The third-order valence-corrected chi connectivity index (χ3v) is 3.05. The molecule has 0 aromatic carbocycles. The molecular weight excluding hydrogens is 206 g/mol. The summed E-state index contributed by atoms with van der Waals surface area (Å²) in [4.78, 5) is 26.3. The van der Waals surface area contributed by atoms with Crippen LogP contribution in [0.15, 0.2) is 0 Å². The van der Waals surface area contributed by atoms with Gasteiger partial charge in [-0.05, 0) is 19.9 Å². The fraction of sp³-hybridized carbons (Fsp3) is 0.818. The maximum atomic E-state index is 11.9. The SMILES string of the molecule is CNCC1CCCN1C(=O)CN(C)C(C)=O. The number of carbonyl (C=O) groups is 2. The molecule has 0 aromatic rings. The van der Waals surface area contributed by atoms with Crippen molar-refractivity contribution >= 4 is 11.8 Å². The van der Waals surface area contributed by atoms with E-state index in [1.54, 1.807) is 7.05 Å². The van der Waals surface area contributed by atoms with Gasteiger partial charge in [0.1, 0.15) is 0 Å². The maximum Gasteiger partial charge on any atom is 0.242 e. The fourth-order valence-corrected chi connectivity index (χ4v) is 2.02. The van der Waals surface area contributed by atoms with Crippen molar-refractivity contribution in [2.45, 2.75) is 25.8 Å². The molecule has 1 fully saturated rings. The molecule has 0 aliphatic carbocycles. The summed E-state index contributed by atoms with van der Waals surface area (Å²) in [7, 11) is 3.55. The number of hydrogen-bond donors (Lipinski definition) is 1. The van der Waals surface area contributed by atoms with Crippen LogP contribution in [0.3, 0.4) is 0 Å². The third-order valence-electron chi connectivity index (χ3n) is 3.05. The number of likely N-dealkylation sites (N-methyl/N-ethyl adjacent to an activating group) is 2. The summed E-state index contributed by atoms with van der Waals surface area (Å²) in [6.45, 7) is 3.31. The molecule has 1 N–H and O–H groups in total. The van der Waals surface area contributed by atoms with Gasteiger partial charge in [0.2, 0.25) is 11.8 Å². The van der Waals surface area contributed by atoms with Crippen molar-refractivity contribution in [3.63, 3.8) is 0 Å². The molecule has 1 rings (SSSR count). The second-order valence-corrected chi connectivity index (χ2v) is 4.32. The Labute approximate surface area is 96.8 Å². The first-order valence-corrected chi connectivity index (χ1v) is 5.72. The van der Waals surface area contributed by atoms with Gasteiger partial charge in [-0.1, -0.05) is 0 Å². The Hall–Kier alpha value is -1.10. The minimum Gasteiger partial charge on any atom is -0.337 e.